The molecule has 1 aliphatic rings. The molecular weight excluding hydrogens is 191 g/mol. The largest absolute Gasteiger partial charge is 0.457 e. The highest BCUT2D eigenvalue weighted by molar-refractivity contribution is 5.34. The van der Waals surface area contributed by atoms with Gasteiger partial charge in [-0.3, -0.25) is 0 Å². The maximum Gasteiger partial charge on any atom is 0.457 e. The van der Waals surface area contributed by atoms with Crippen LogP contribution >= 0.6 is 0 Å². The third-order valence-corrected chi connectivity index (χ3v) is 2.47. The van der Waals surface area contributed by atoms with Gasteiger partial charge in [-0.05, 0) is 24.0 Å². The Morgan fingerprint density at radius 1 is 1.21 bits per heavy atom. The lowest BCUT2D eigenvalue weighted by Gasteiger charge is -2.16. The molecule has 0 heterocycles. The van der Waals surface area contributed by atoms with Crippen molar-refractivity contribution in [3.63, 3.8) is 0 Å². The molecule has 4 heteroatoms. The molecule has 0 fully saturated rings. The molecule has 0 bridgehead atoms. The monoisotopic (exact) mass is 201 g/mol. The molecule has 0 amide bonds. The molecular formula is C10H10F3N. The van der Waals surface area contributed by atoms with Crippen LogP contribution in [-0.2, 0) is 6.42 Å². The second-order valence-corrected chi connectivity index (χ2v) is 3.43. The van der Waals surface area contributed by atoms with E-state index in [1.54, 1.807) is 17.4 Å². The van der Waals surface area contributed by atoms with Crippen LogP contribution in [0.5, 0.6) is 0 Å². The first-order valence-corrected chi connectivity index (χ1v) is 4.48. The minimum absolute atomic E-state index is 0.527. The van der Waals surface area contributed by atoms with Crippen LogP contribution in [-0.4, -0.2) is 6.30 Å². The van der Waals surface area contributed by atoms with Crippen molar-refractivity contribution in [2.75, 3.05) is 0 Å². The molecule has 2 rings (SSSR count). The zero-order chi connectivity index (χ0) is 10.2. The van der Waals surface area contributed by atoms with Crippen LogP contribution < -0.4 is 5.32 Å². The third-order valence-electron chi connectivity index (χ3n) is 2.47. The summed E-state index contributed by atoms with van der Waals surface area (Å²) in [6.07, 6.45) is -3.04. The molecule has 1 atom stereocenters. The van der Waals surface area contributed by atoms with Crippen LogP contribution in [0.25, 0.3) is 0 Å². The zero-order valence-corrected chi connectivity index (χ0v) is 7.43. The summed E-state index contributed by atoms with van der Waals surface area (Å²) in [6.45, 7) is 0. The number of hydrogen-bond donors (Lipinski definition) is 1. The van der Waals surface area contributed by atoms with Crippen molar-refractivity contribution in [3.8, 4) is 0 Å². The summed E-state index contributed by atoms with van der Waals surface area (Å²) in [5, 5.41) is 1.67. The summed E-state index contributed by atoms with van der Waals surface area (Å²) >= 11 is 0. The van der Waals surface area contributed by atoms with Gasteiger partial charge in [-0.1, -0.05) is 24.3 Å². The SMILES string of the molecule is FC(F)(F)NC1CCc2ccccc21. The minimum atomic E-state index is -4.29. The number of alkyl halides is 3. The van der Waals surface area contributed by atoms with Gasteiger partial charge in [0.2, 0.25) is 0 Å². The molecule has 1 nitrogen and oxygen atoms in total. The lowest BCUT2D eigenvalue weighted by atomic mass is 10.1. The number of fused-ring (bicyclic) bond motifs is 1. The third kappa shape index (κ3) is 1.90. The number of aryl methyl sites for hydroxylation is 1. The molecule has 0 saturated carbocycles. The Bertz CT molecular complexity index is 332. The van der Waals surface area contributed by atoms with E-state index in [1.165, 1.54) is 0 Å². The number of nitrogens with one attached hydrogen (secondary N) is 1. The first-order chi connectivity index (χ1) is 6.56. The molecule has 76 valence electrons. The van der Waals surface area contributed by atoms with E-state index in [-0.39, 0.29) is 0 Å². The van der Waals surface area contributed by atoms with Crippen LogP contribution in [0, 0.1) is 0 Å². The lowest BCUT2D eigenvalue weighted by Crippen LogP contribution is -2.34. The van der Waals surface area contributed by atoms with E-state index < -0.39 is 12.3 Å². The van der Waals surface area contributed by atoms with Gasteiger partial charge in [0.05, 0.1) is 0 Å². The highest BCUT2D eigenvalue weighted by Crippen LogP contribution is 2.33. The maximum absolute atomic E-state index is 12.1. The van der Waals surface area contributed by atoms with Gasteiger partial charge in [0.15, 0.2) is 0 Å². The number of hydrogen-bond acceptors (Lipinski definition) is 1. The number of benzene rings is 1. The first kappa shape index (κ1) is 9.52. The summed E-state index contributed by atoms with van der Waals surface area (Å²) < 4.78 is 36.3. The Kier molecular flexibility index (Phi) is 2.23. The molecule has 1 unspecified atom stereocenters. The van der Waals surface area contributed by atoms with E-state index >= 15 is 0 Å². The first-order valence-electron chi connectivity index (χ1n) is 4.48. The number of halogens is 3. The molecule has 0 aliphatic heterocycles. The van der Waals surface area contributed by atoms with Gasteiger partial charge in [-0.2, -0.15) is 13.2 Å². The van der Waals surface area contributed by atoms with E-state index in [4.69, 9.17) is 0 Å². The van der Waals surface area contributed by atoms with E-state index in [0.29, 0.717) is 6.42 Å². The van der Waals surface area contributed by atoms with Gasteiger partial charge in [0, 0.05) is 6.04 Å². The molecule has 1 aromatic carbocycles. The molecule has 14 heavy (non-hydrogen) atoms. The predicted octanol–water partition coefficient (Wildman–Crippen LogP) is 2.78. The van der Waals surface area contributed by atoms with E-state index in [9.17, 15) is 13.2 Å². The lowest BCUT2D eigenvalue weighted by molar-refractivity contribution is -0.164. The summed E-state index contributed by atoms with van der Waals surface area (Å²) in [6, 6.07) is 6.70. The van der Waals surface area contributed by atoms with Crippen molar-refractivity contribution in [1.82, 2.24) is 5.32 Å². The standard InChI is InChI=1S/C10H10F3N/c11-10(12,13)14-9-6-5-7-3-1-2-4-8(7)9/h1-4,9,14H,5-6H2. The highest BCUT2D eigenvalue weighted by atomic mass is 19.4. The molecule has 0 spiro atoms. The van der Waals surface area contributed by atoms with Crippen LogP contribution in [0.4, 0.5) is 13.2 Å². The zero-order valence-electron chi connectivity index (χ0n) is 7.43. The topological polar surface area (TPSA) is 12.0 Å². The van der Waals surface area contributed by atoms with Crippen molar-refractivity contribution >= 4 is 0 Å². The van der Waals surface area contributed by atoms with Gasteiger partial charge < -0.3 is 0 Å². The Hall–Kier alpha value is -1.03. The van der Waals surface area contributed by atoms with Crippen molar-refractivity contribution in [2.24, 2.45) is 0 Å². The molecule has 0 saturated heterocycles. The molecule has 0 radical (unpaired) electrons. The van der Waals surface area contributed by atoms with Crippen LogP contribution in [0.3, 0.4) is 0 Å². The highest BCUT2D eigenvalue weighted by Gasteiger charge is 2.34. The van der Waals surface area contributed by atoms with Gasteiger partial charge in [0.25, 0.3) is 0 Å². The van der Waals surface area contributed by atoms with Crippen molar-refractivity contribution in [3.05, 3.63) is 35.4 Å². The average Bonchev–Trinajstić information content (AvgIpc) is 2.47. The van der Waals surface area contributed by atoms with Crippen molar-refractivity contribution < 1.29 is 13.2 Å². The van der Waals surface area contributed by atoms with Crippen molar-refractivity contribution in [1.29, 1.82) is 0 Å². The van der Waals surface area contributed by atoms with Gasteiger partial charge >= 0.3 is 6.30 Å². The summed E-state index contributed by atoms with van der Waals surface area (Å²) in [5.41, 5.74) is 1.80. The van der Waals surface area contributed by atoms with E-state index in [0.717, 1.165) is 17.5 Å². The second kappa shape index (κ2) is 3.28. The Morgan fingerprint density at radius 2 is 1.93 bits per heavy atom. The fourth-order valence-electron chi connectivity index (χ4n) is 1.90. The van der Waals surface area contributed by atoms with Gasteiger partial charge in [0.1, 0.15) is 0 Å². The fourth-order valence-corrected chi connectivity index (χ4v) is 1.90. The van der Waals surface area contributed by atoms with Crippen molar-refractivity contribution in [2.45, 2.75) is 25.2 Å². The van der Waals surface area contributed by atoms with Crippen LogP contribution in [0.2, 0.25) is 0 Å². The molecule has 0 aromatic heterocycles. The quantitative estimate of drug-likeness (QED) is 0.689. The average molecular weight is 201 g/mol. The molecule has 1 aliphatic carbocycles. The summed E-state index contributed by atoms with van der Waals surface area (Å²) in [4.78, 5) is 0. The Labute approximate surface area is 79.9 Å². The summed E-state index contributed by atoms with van der Waals surface area (Å²) in [5.74, 6) is 0. The number of rotatable bonds is 1. The predicted molar refractivity (Wildman–Crippen MR) is 46.7 cm³/mol. The minimum Gasteiger partial charge on any atom is -0.221 e. The molecule has 1 N–H and O–H groups in total. The molecule has 1 aromatic rings. The fraction of sp³-hybridized carbons (Fsp3) is 0.400. The van der Waals surface area contributed by atoms with Gasteiger partial charge in [-0.25, -0.2) is 5.32 Å². The Morgan fingerprint density at radius 3 is 2.64 bits per heavy atom. The van der Waals surface area contributed by atoms with Gasteiger partial charge in [-0.15, -0.1) is 0 Å². The maximum atomic E-state index is 12.1. The second-order valence-electron chi connectivity index (χ2n) is 3.43. The normalized spacial score (nSPS) is 20.9. The summed E-state index contributed by atoms with van der Waals surface area (Å²) in [7, 11) is 0. The van der Waals surface area contributed by atoms with Crippen LogP contribution in [0.15, 0.2) is 24.3 Å². The Balaban J connectivity index is 2.18. The van der Waals surface area contributed by atoms with E-state index in [2.05, 4.69) is 0 Å². The smallest absolute Gasteiger partial charge is 0.221 e. The van der Waals surface area contributed by atoms with Crippen LogP contribution in [0.1, 0.15) is 23.6 Å². The van der Waals surface area contributed by atoms with E-state index in [1.807, 2.05) is 12.1 Å².